The zero-order valence-corrected chi connectivity index (χ0v) is 15.2. The minimum Gasteiger partial charge on any atom is -0.368 e. The minimum absolute atomic E-state index is 0.0749. The second-order valence-electron chi connectivity index (χ2n) is 7.07. The molecule has 0 spiro atoms. The Morgan fingerprint density at radius 1 is 1.30 bits per heavy atom. The molecule has 3 aromatic heterocycles. The van der Waals surface area contributed by atoms with Crippen molar-refractivity contribution in [2.45, 2.75) is 32.2 Å². The number of hydrogen-bond donors (Lipinski definition) is 1. The van der Waals surface area contributed by atoms with Crippen LogP contribution in [0.2, 0.25) is 0 Å². The Bertz CT molecular complexity index is 1000. The molecule has 0 bridgehead atoms. The second kappa shape index (κ2) is 6.86. The first-order chi connectivity index (χ1) is 13.0. The Hall–Kier alpha value is -3.16. The summed E-state index contributed by atoms with van der Waals surface area (Å²) in [5, 5.41) is 0. The van der Waals surface area contributed by atoms with Crippen LogP contribution >= 0.6 is 0 Å². The highest BCUT2D eigenvalue weighted by Gasteiger charge is 2.29. The molecule has 3 aromatic rings. The number of aryl methyl sites for hydroxylation is 1. The molecule has 2 N–H and O–H groups in total. The third-order valence-electron chi connectivity index (χ3n) is 4.97. The van der Waals surface area contributed by atoms with E-state index in [4.69, 9.17) is 5.73 Å². The van der Waals surface area contributed by atoms with Crippen molar-refractivity contribution in [3.8, 4) is 0 Å². The Labute approximate surface area is 156 Å². The van der Waals surface area contributed by atoms with Crippen LogP contribution in [0.15, 0.2) is 36.9 Å². The van der Waals surface area contributed by atoms with Gasteiger partial charge in [0.1, 0.15) is 23.7 Å². The monoisotopic (exact) mass is 366 g/mol. The summed E-state index contributed by atoms with van der Waals surface area (Å²) in [5.74, 6) is 0.403. The Balaban J connectivity index is 1.54. The van der Waals surface area contributed by atoms with Crippen LogP contribution in [0.3, 0.4) is 0 Å². The molecule has 0 saturated carbocycles. The van der Waals surface area contributed by atoms with Gasteiger partial charge in [-0.2, -0.15) is 0 Å². The van der Waals surface area contributed by atoms with Crippen LogP contribution in [0, 0.1) is 6.92 Å². The number of piperidine rings is 1. The van der Waals surface area contributed by atoms with Gasteiger partial charge in [0.05, 0.1) is 0 Å². The summed E-state index contributed by atoms with van der Waals surface area (Å²) in [6.07, 6.45) is 8.96. The number of primary amides is 1. The van der Waals surface area contributed by atoms with Crippen molar-refractivity contribution < 1.29 is 9.59 Å². The van der Waals surface area contributed by atoms with Crippen LogP contribution in [0.5, 0.6) is 0 Å². The standard InChI is InChI=1S/C19H22N6O2/c1-13-4-5-17-22-15(11-25(17)9-13)19(27)24-7-2-3-14(10-24)18-21-6-8-23(18)12-16(20)26/h4-6,8-9,11,14H,2-3,7,10,12H2,1H3,(H2,20,26)/t14-/m0/s1. The van der Waals surface area contributed by atoms with Crippen LogP contribution in [0.1, 0.15) is 40.6 Å². The summed E-state index contributed by atoms with van der Waals surface area (Å²) in [4.78, 5) is 34.9. The van der Waals surface area contributed by atoms with E-state index in [1.54, 1.807) is 23.2 Å². The molecule has 4 rings (SSSR count). The average molecular weight is 366 g/mol. The SMILES string of the molecule is Cc1ccc2nc(C(=O)N3CCC[C@H](c4nccn4CC(N)=O)C3)cn2c1. The lowest BCUT2D eigenvalue weighted by Crippen LogP contribution is -2.40. The number of nitrogens with two attached hydrogens (primary N) is 1. The molecule has 1 atom stereocenters. The molecular formula is C19H22N6O2. The van der Waals surface area contributed by atoms with Crippen LogP contribution < -0.4 is 5.73 Å². The maximum atomic E-state index is 13.0. The fourth-order valence-electron chi connectivity index (χ4n) is 3.72. The molecule has 1 aliphatic rings. The van der Waals surface area contributed by atoms with Crippen molar-refractivity contribution in [1.82, 2.24) is 23.8 Å². The number of carbonyl (C=O) groups excluding carboxylic acids is 2. The van der Waals surface area contributed by atoms with Crippen LogP contribution in [-0.4, -0.2) is 48.7 Å². The molecule has 0 aliphatic carbocycles. The number of carbonyl (C=O) groups is 2. The molecule has 8 nitrogen and oxygen atoms in total. The summed E-state index contributed by atoms with van der Waals surface area (Å²) >= 11 is 0. The van der Waals surface area contributed by atoms with Gasteiger partial charge in [-0.25, -0.2) is 9.97 Å². The summed E-state index contributed by atoms with van der Waals surface area (Å²) in [6, 6.07) is 3.89. The Morgan fingerprint density at radius 3 is 2.96 bits per heavy atom. The lowest BCUT2D eigenvalue weighted by molar-refractivity contribution is -0.118. The van der Waals surface area contributed by atoms with Gasteiger partial charge in [0, 0.05) is 43.8 Å². The summed E-state index contributed by atoms with van der Waals surface area (Å²) < 4.78 is 3.65. The number of likely N-dealkylation sites (tertiary alicyclic amines) is 1. The predicted octanol–water partition coefficient (Wildman–Crippen LogP) is 1.34. The first-order valence-electron chi connectivity index (χ1n) is 9.05. The normalized spacial score (nSPS) is 17.4. The molecular weight excluding hydrogens is 344 g/mol. The van der Waals surface area contributed by atoms with Crippen molar-refractivity contribution in [2.75, 3.05) is 13.1 Å². The van der Waals surface area contributed by atoms with E-state index in [1.807, 2.05) is 34.6 Å². The van der Waals surface area contributed by atoms with Crippen LogP contribution in [0.25, 0.3) is 5.65 Å². The van der Waals surface area contributed by atoms with Gasteiger partial charge in [0.25, 0.3) is 5.91 Å². The van der Waals surface area contributed by atoms with Crippen LogP contribution in [-0.2, 0) is 11.3 Å². The molecule has 140 valence electrons. The maximum absolute atomic E-state index is 13.0. The van der Waals surface area contributed by atoms with E-state index in [0.29, 0.717) is 18.8 Å². The van der Waals surface area contributed by atoms with Crippen molar-refractivity contribution in [3.63, 3.8) is 0 Å². The number of fused-ring (bicyclic) bond motifs is 1. The largest absolute Gasteiger partial charge is 0.368 e. The molecule has 27 heavy (non-hydrogen) atoms. The number of nitrogens with zero attached hydrogens (tertiary/aromatic N) is 5. The van der Waals surface area contributed by atoms with Crippen molar-refractivity contribution in [2.24, 2.45) is 5.73 Å². The van der Waals surface area contributed by atoms with Gasteiger partial charge in [0.15, 0.2) is 0 Å². The topological polar surface area (TPSA) is 98.5 Å². The van der Waals surface area contributed by atoms with Gasteiger partial charge in [-0.05, 0) is 31.4 Å². The van der Waals surface area contributed by atoms with Gasteiger partial charge < -0.3 is 19.6 Å². The molecule has 1 fully saturated rings. The Morgan fingerprint density at radius 2 is 2.15 bits per heavy atom. The van der Waals surface area contributed by atoms with Gasteiger partial charge in [-0.1, -0.05) is 6.07 Å². The Kier molecular flexibility index (Phi) is 4.39. The third-order valence-corrected chi connectivity index (χ3v) is 4.97. The van der Waals surface area contributed by atoms with E-state index >= 15 is 0 Å². The van der Waals surface area contributed by atoms with E-state index in [1.165, 1.54) is 0 Å². The number of rotatable bonds is 4. The smallest absolute Gasteiger partial charge is 0.274 e. The molecule has 1 aliphatic heterocycles. The van der Waals surface area contributed by atoms with E-state index in [9.17, 15) is 9.59 Å². The number of pyridine rings is 1. The van der Waals surface area contributed by atoms with E-state index < -0.39 is 5.91 Å². The van der Waals surface area contributed by atoms with E-state index in [-0.39, 0.29) is 18.4 Å². The number of hydrogen-bond acceptors (Lipinski definition) is 4. The van der Waals surface area contributed by atoms with Gasteiger partial charge >= 0.3 is 0 Å². The molecule has 0 aromatic carbocycles. The van der Waals surface area contributed by atoms with Crippen LogP contribution in [0.4, 0.5) is 0 Å². The van der Waals surface area contributed by atoms with Gasteiger partial charge in [-0.3, -0.25) is 9.59 Å². The molecule has 0 unspecified atom stereocenters. The number of imidazole rings is 2. The second-order valence-corrected chi connectivity index (χ2v) is 7.07. The van der Waals surface area contributed by atoms with Crippen molar-refractivity contribution in [3.05, 3.63) is 54.0 Å². The zero-order valence-electron chi connectivity index (χ0n) is 15.2. The molecule has 8 heteroatoms. The lowest BCUT2D eigenvalue weighted by atomic mass is 9.97. The minimum atomic E-state index is -0.405. The number of aromatic nitrogens is 4. The summed E-state index contributed by atoms with van der Waals surface area (Å²) in [7, 11) is 0. The first kappa shape index (κ1) is 17.3. The predicted molar refractivity (Wildman–Crippen MR) is 99.2 cm³/mol. The van der Waals surface area contributed by atoms with Gasteiger partial charge in [-0.15, -0.1) is 0 Å². The number of amides is 2. The quantitative estimate of drug-likeness (QED) is 0.753. The summed E-state index contributed by atoms with van der Waals surface area (Å²) in [6.45, 7) is 3.36. The zero-order chi connectivity index (χ0) is 19.0. The highest BCUT2D eigenvalue weighted by Crippen LogP contribution is 2.27. The fraction of sp³-hybridized carbons (Fsp3) is 0.368. The van der Waals surface area contributed by atoms with Gasteiger partial charge in [0.2, 0.25) is 5.91 Å². The van der Waals surface area contributed by atoms with Crippen molar-refractivity contribution >= 4 is 17.5 Å². The summed E-state index contributed by atoms with van der Waals surface area (Å²) in [5.41, 5.74) is 7.63. The molecule has 2 amide bonds. The maximum Gasteiger partial charge on any atom is 0.274 e. The molecule has 4 heterocycles. The molecule has 1 saturated heterocycles. The molecule has 0 radical (unpaired) electrons. The fourth-order valence-corrected chi connectivity index (χ4v) is 3.72. The highest BCUT2D eigenvalue weighted by atomic mass is 16.2. The van der Waals surface area contributed by atoms with E-state index in [2.05, 4.69) is 9.97 Å². The highest BCUT2D eigenvalue weighted by molar-refractivity contribution is 5.93. The van der Waals surface area contributed by atoms with Crippen molar-refractivity contribution in [1.29, 1.82) is 0 Å². The average Bonchev–Trinajstić information content (AvgIpc) is 3.27. The van der Waals surface area contributed by atoms with E-state index in [0.717, 1.165) is 29.9 Å². The lowest BCUT2D eigenvalue weighted by Gasteiger charge is -2.32. The third kappa shape index (κ3) is 3.42. The first-order valence-corrected chi connectivity index (χ1v) is 9.05.